The highest BCUT2D eigenvalue weighted by Crippen LogP contribution is 2.22. The molecular weight excluding hydrogens is 286 g/mol. The van der Waals surface area contributed by atoms with Crippen LogP contribution >= 0.6 is 12.4 Å². The molecule has 114 valence electrons. The molecule has 0 aliphatic rings. The molecule has 0 saturated heterocycles. The van der Waals surface area contributed by atoms with Crippen LogP contribution in [0.4, 0.5) is 8.78 Å². The average molecular weight is 307 g/mol. The standard InChI is InChI=1S/C14H20F2N2O.ClH/c1-10-5-3-4-6-12(10)11(2)7-13(19)18-9-14(15,16)8-17;/h3-6,11H,7-9,17H2,1-2H3,(H,18,19);1H. The van der Waals surface area contributed by atoms with Crippen molar-refractivity contribution in [2.45, 2.75) is 32.1 Å². The molecule has 0 radical (unpaired) electrons. The molecule has 6 heteroatoms. The van der Waals surface area contributed by atoms with Gasteiger partial charge in [-0.25, -0.2) is 8.78 Å². The van der Waals surface area contributed by atoms with Gasteiger partial charge in [0.25, 0.3) is 5.92 Å². The molecule has 0 spiro atoms. The highest BCUT2D eigenvalue weighted by atomic mass is 35.5. The number of halogens is 3. The van der Waals surface area contributed by atoms with Crippen LogP contribution in [0.5, 0.6) is 0 Å². The maximum atomic E-state index is 12.9. The van der Waals surface area contributed by atoms with Crippen molar-refractivity contribution in [2.75, 3.05) is 13.1 Å². The number of alkyl halides is 2. The average Bonchev–Trinajstić information content (AvgIpc) is 2.37. The molecule has 0 bridgehead atoms. The Morgan fingerprint density at radius 3 is 2.55 bits per heavy atom. The Kier molecular flexibility index (Phi) is 7.68. The van der Waals surface area contributed by atoms with Crippen molar-refractivity contribution in [3.63, 3.8) is 0 Å². The van der Waals surface area contributed by atoms with Crippen LogP contribution in [-0.2, 0) is 4.79 Å². The number of rotatable bonds is 6. The first-order chi connectivity index (χ1) is 8.85. The number of nitrogens with one attached hydrogen (secondary N) is 1. The fourth-order valence-corrected chi connectivity index (χ4v) is 1.90. The van der Waals surface area contributed by atoms with Gasteiger partial charge in [0.05, 0.1) is 13.1 Å². The highest BCUT2D eigenvalue weighted by molar-refractivity contribution is 5.85. The molecule has 0 aromatic heterocycles. The number of amides is 1. The van der Waals surface area contributed by atoms with Crippen molar-refractivity contribution in [3.05, 3.63) is 35.4 Å². The van der Waals surface area contributed by atoms with Crippen molar-refractivity contribution < 1.29 is 13.6 Å². The second-order valence-electron chi connectivity index (χ2n) is 4.80. The Hall–Kier alpha value is -1.20. The van der Waals surface area contributed by atoms with E-state index in [9.17, 15) is 13.6 Å². The second-order valence-corrected chi connectivity index (χ2v) is 4.80. The fraction of sp³-hybridized carbons (Fsp3) is 0.500. The molecule has 1 aromatic rings. The minimum absolute atomic E-state index is 0. The summed E-state index contributed by atoms with van der Waals surface area (Å²) in [6.07, 6.45) is 0.186. The monoisotopic (exact) mass is 306 g/mol. The summed E-state index contributed by atoms with van der Waals surface area (Å²) in [5.74, 6) is -3.43. The van der Waals surface area contributed by atoms with Crippen LogP contribution in [0.1, 0.15) is 30.4 Å². The van der Waals surface area contributed by atoms with Crippen LogP contribution in [0.3, 0.4) is 0 Å². The first kappa shape index (κ1) is 18.8. The van der Waals surface area contributed by atoms with Gasteiger partial charge in [-0.15, -0.1) is 12.4 Å². The third kappa shape index (κ3) is 5.84. The third-order valence-electron chi connectivity index (χ3n) is 3.05. The lowest BCUT2D eigenvalue weighted by Crippen LogP contribution is -2.41. The van der Waals surface area contributed by atoms with Gasteiger partial charge in [-0.2, -0.15) is 0 Å². The van der Waals surface area contributed by atoms with E-state index in [-0.39, 0.29) is 30.7 Å². The molecule has 3 nitrogen and oxygen atoms in total. The zero-order chi connectivity index (χ0) is 14.5. The highest BCUT2D eigenvalue weighted by Gasteiger charge is 2.27. The molecule has 0 fully saturated rings. The van der Waals surface area contributed by atoms with Crippen LogP contribution in [-0.4, -0.2) is 24.9 Å². The lowest BCUT2D eigenvalue weighted by Gasteiger charge is -2.17. The summed E-state index contributed by atoms with van der Waals surface area (Å²) in [5, 5.41) is 2.23. The van der Waals surface area contributed by atoms with Gasteiger partial charge in [0.2, 0.25) is 5.91 Å². The van der Waals surface area contributed by atoms with E-state index < -0.39 is 19.0 Å². The van der Waals surface area contributed by atoms with E-state index in [0.717, 1.165) is 11.1 Å². The number of hydrogen-bond donors (Lipinski definition) is 2. The summed E-state index contributed by atoms with van der Waals surface area (Å²) in [4.78, 5) is 11.6. The van der Waals surface area contributed by atoms with Crippen LogP contribution in [0.25, 0.3) is 0 Å². The molecule has 0 aliphatic heterocycles. The number of carbonyl (C=O) groups is 1. The van der Waals surface area contributed by atoms with Gasteiger partial charge in [-0.05, 0) is 24.0 Å². The van der Waals surface area contributed by atoms with E-state index >= 15 is 0 Å². The van der Waals surface area contributed by atoms with Gasteiger partial charge in [0.15, 0.2) is 0 Å². The normalized spacial score (nSPS) is 12.4. The van der Waals surface area contributed by atoms with Crippen LogP contribution in [0, 0.1) is 6.92 Å². The molecule has 1 rings (SSSR count). The summed E-state index contributed by atoms with van der Waals surface area (Å²) in [6, 6.07) is 7.74. The Labute approximate surface area is 124 Å². The molecule has 1 aromatic carbocycles. The van der Waals surface area contributed by atoms with E-state index in [4.69, 9.17) is 5.73 Å². The van der Waals surface area contributed by atoms with Crippen LogP contribution < -0.4 is 11.1 Å². The van der Waals surface area contributed by atoms with Crippen molar-refractivity contribution >= 4 is 18.3 Å². The third-order valence-corrected chi connectivity index (χ3v) is 3.05. The number of carbonyl (C=O) groups excluding carboxylic acids is 1. The molecule has 1 amide bonds. The van der Waals surface area contributed by atoms with Crippen molar-refractivity contribution in [1.82, 2.24) is 5.32 Å². The SMILES string of the molecule is Cc1ccccc1C(C)CC(=O)NCC(F)(F)CN.Cl. The van der Waals surface area contributed by atoms with E-state index in [1.807, 2.05) is 38.1 Å². The Morgan fingerprint density at radius 1 is 1.40 bits per heavy atom. The van der Waals surface area contributed by atoms with E-state index in [0.29, 0.717) is 0 Å². The summed E-state index contributed by atoms with van der Waals surface area (Å²) in [6.45, 7) is 2.40. The lowest BCUT2D eigenvalue weighted by atomic mass is 9.93. The molecule has 0 aliphatic carbocycles. The van der Waals surface area contributed by atoms with Gasteiger partial charge in [0, 0.05) is 6.42 Å². The topological polar surface area (TPSA) is 55.1 Å². The van der Waals surface area contributed by atoms with Crippen molar-refractivity contribution in [3.8, 4) is 0 Å². The summed E-state index contributed by atoms with van der Waals surface area (Å²) in [7, 11) is 0. The fourth-order valence-electron chi connectivity index (χ4n) is 1.90. The first-order valence-electron chi connectivity index (χ1n) is 6.26. The van der Waals surface area contributed by atoms with Gasteiger partial charge >= 0.3 is 0 Å². The Bertz CT molecular complexity index is 441. The van der Waals surface area contributed by atoms with Crippen LogP contribution in [0.2, 0.25) is 0 Å². The lowest BCUT2D eigenvalue weighted by molar-refractivity contribution is -0.123. The minimum atomic E-state index is -3.04. The number of nitrogens with two attached hydrogens (primary N) is 1. The van der Waals surface area contributed by atoms with Gasteiger partial charge in [-0.1, -0.05) is 31.2 Å². The Balaban J connectivity index is 0.00000361. The maximum absolute atomic E-state index is 12.9. The summed E-state index contributed by atoms with van der Waals surface area (Å²) < 4.78 is 25.8. The van der Waals surface area contributed by atoms with Gasteiger partial charge in [0.1, 0.15) is 0 Å². The zero-order valence-electron chi connectivity index (χ0n) is 11.7. The number of hydrogen-bond acceptors (Lipinski definition) is 2. The summed E-state index contributed by atoms with van der Waals surface area (Å²) >= 11 is 0. The van der Waals surface area contributed by atoms with Gasteiger partial charge in [-0.3, -0.25) is 4.79 Å². The Morgan fingerprint density at radius 2 is 2.00 bits per heavy atom. The van der Waals surface area contributed by atoms with E-state index in [1.165, 1.54) is 0 Å². The van der Waals surface area contributed by atoms with Gasteiger partial charge < -0.3 is 11.1 Å². The maximum Gasteiger partial charge on any atom is 0.277 e. The molecule has 1 unspecified atom stereocenters. The molecule has 1 atom stereocenters. The van der Waals surface area contributed by atoms with Crippen LogP contribution in [0.15, 0.2) is 24.3 Å². The molecule has 0 saturated carbocycles. The quantitative estimate of drug-likeness (QED) is 0.849. The number of aryl methyl sites for hydroxylation is 1. The van der Waals surface area contributed by atoms with Crippen molar-refractivity contribution in [2.24, 2.45) is 5.73 Å². The second kappa shape index (κ2) is 8.17. The molecule has 3 N–H and O–H groups in total. The van der Waals surface area contributed by atoms with Crippen molar-refractivity contribution in [1.29, 1.82) is 0 Å². The largest absolute Gasteiger partial charge is 0.350 e. The summed E-state index contributed by atoms with van der Waals surface area (Å²) in [5.41, 5.74) is 7.05. The molecule has 0 heterocycles. The first-order valence-corrected chi connectivity index (χ1v) is 6.26. The van der Waals surface area contributed by atoms with E-state index in [1.54, 1.807) is 0 Å². The predicted molar refractivity (Wildman–Crippen MR) is 78.5 cm³/mol. The molecular formula is C14H21ClF2N2O. The smallest absolute Gasteiger partial charge is 0.277 e. The number of benzene rings is 1. The van der Waals surface area contributed by atoms with E-state index in [2.05, 4.69) is 5.32 Å². The zero-order valence-corrected chi connectivity index (χ0v) is 12.5. The minimum Gasteiger partial charge on any atom is -0.350 e. The predicted octanol–water partition coefficient (Wildman–Crippen LogP) is 2.62. The molecule has 20 heavy (non-hydrogen) atoms.